The molecule has 2 aromatic rings. The van der Waals surface area contributed by atoms with Crippen molar-refractivity contribution in [1.82, 2.24) is 15.5 Å². The molecule has 3 amide bonds. The van der Waals surface area contributed by atoms with E-state index in [1.807, 2.05) is 6.07 Å². The third-order valence-corrected chi connectivity index (χ3v) is 9.64. The molecule has 0 radical (unpaired) electrons. The van der Waals surface area contributed by atoms with Crippen molar-refractivity contribution in [2.45, 2.75) is 68.2 Å². The molecule has 5 atom stereocenters. The van der Waals surface area contributed by atoms with E-state index in [0.29, 0.717) is 24.1 Å². The highest BCUT2D eigenvalue weighted by atomic mass is 35.5. The lowest BCUT2D eigenvalue weighted by Gasteiger charge is -2.54. The molecular weight excluding hydrogens is 589 g/mol. The summed E-state index contributed by atoms with van der Waals surface area (Å²) >= 11 is 12.5. The van der Waals surface area contributed by atoms with Crippen molar-refractivity contribution in [3.8, 4) is 17.2 Å². The van der Waals surface area contributed by atoms with E-state index in [4.69, 9.17) is 23.2 Å². The van der Waals surface area contributed by atoms with E-state index < -0.39 is 59.7 Å². The van der Waals surface area contributed by atoms with Crippen LogP contribution in [0.5, 0.6) is 0 Å². The first kappa shape index (κ1) is 28.8. The Hall–Kier alpha value is -3.26. The zero-order valence-electron chi connectivity index (χ0n) is 22.4. The van der Waals surface area contributed by atoms with Crippen LogP contribution in [0.4, 0.5) is 8.78 Å². The number of halogens is 4. The second-order valence-electron chi connectivity index (χ2n) is 11.6. The minimum Gasteiger partial charge on any atom is -0.372 e. The van der Waals surface area contributed by atoms with Gasteiger partial charge >= 0.3 is 0 Å². The molecular formula is C30H28Cl2F2N4O4. The predicted molar refractivity (Wildman–Crippen MR) is 150 cm³/mol. The number of nitrogens with zero attached hydrogens (tertiary/aromatic N) is 2. The van der Waals surface area contributed by atoms with Gasteiger partial charge in [0, 0.05) is 46.1 Å². The number of rotatable bonds is 5. The third-order valence-electron chi connectivity index (χ3n) is 9.17. The molecule has 3 aliphatic heterocycles. The monoisotopic (exact) mass is 616 g/mol. The molecule has 4 fully saturated rings. The molecule has 2 aliphatic carbocycles. The number of amides is 3. The fourth-order valence-corrected chi connectivity index (χ4v) is 7.55. The number of benzene rings is 2. The number of hydrogen-bond acceptors (Lipinski definition) is 5. The van der Waals surface area contributed by atoms with Crippen LogP contribution in [0.3, 0.4) is 0 Å². The molecule has 3 heterocycles. The second-order valence-corrected chi connectivity index (χ2v) is 12.5. The summed E-state index contributed by atoms with van der Waals surface area (Å²) < 4.78 is 30.6. The van der Waals surface area contributed by atoms with Gasteiger partial charge in [0.05, 0.1) is 12.0 Å². The van der Waals surface area contributed by atoms with E-state index in [-0.39, 0.29) is 46.3 Å². The summed E-state index contributed by atoms with van der Waals surface area (Å²) in [5, 5.41) is 27.8. The Balaban J connectivity index is 1.38. The van der Waals surface area contributed by atoms with Crippen LogP contribution in [0.1, 0.15) is 49.7 Å². The average molecular weight is 617 g/mol. The van der Waals surface area contributed by atoms with Crippen LogP contribution in [0.25, 0.3) is 11.1 Å². The summed E-state index contributed by atoms with van der Waals surface area (Å²) in [6, 6.07) is 7.61. The number of nitrogens with one attached hydrogen (secondary N) is 2. The van der Waals surface area contributed by atoms with Crippen molar-refractivity contribution in [1.29, 1.82) is 5.26 Å². The highest BCUT2D eigenvalue weighted by Crippen LogP contribution is 2.54. The maximum atomic E-state index is 15.3. The van der Waals surface area contributed by atoms with Gasteiger partial charge in [-0.2, -0.15) is 5.26 Å². The van der Waals surface area contributed by atoms with Gasteiger partial charge < -0.3 is 20.6 Å². The second kappa shape index (κ2) is 10.5. The Morgan fingerprint density at radius 1 is 1.12 bits per heavy atom. The van der Waals surface area contributed by atoms with E-state index in [2.05, 4.69) is 10.6 Å². The van der Waals surface area contributed by atoms with Crippen LogP contribution in [-0.2, 0) is 20.0 Å². The minimum atomic E-state index is -3.24. The van der Waals surface area contributed by atoms with E-state index in [1.54, 1.807) is 24.3 Å². The van der Waals surface area contributed by atoms with E-state index in [1.165, 1.54) is 12.1 Å². The summed E-state index contributed by atoms with van der Waals surface area (Å²) in [7, 11) is 0. The van der Waals surface area contributed by atoms with Gasteiger partial charge in [-0.05, 0) is 67.5 Å². The molecule has 2 aromatic carbocycles. The zero-order chi connectivity index (χ0) is 30.0. The molecule has 2 bridgehead atoms. The Morgan fingerprint density at radius 2 is 1.76 bits per heavy atom. The van der Waals surface area contributed by atoms with Gasteiger partial charge in [-0.25, -0.2) is 8.78 Å². The molecule has 12 heteroatoms. The van der Waals surface area contributed by atoms with Gasteiger partial charge in [-0.1, -0.05) is 35.3 Å². The molecule has 0 aromatic heterocycles. The first-order valence-corrected chi connectivity index (χ1v) is 14.7. The quantitative estimate of drug-likeness (QED) is 0.466. The summed E-state index contributed by atoms with van der Waals surface area (Å²) in [5.41, 5.74) is -0.942. The van der Waals surface area contributed by atoms with E-state index in [9.17, 15) is 24.8 Å². The van der Waals surface area contributed by atoms with Crippen molar-refractivity contribution in [2.75, 3.05) is 6.54 Å². The molecule has 3 saturated heterocycles. The number of aliphatic hydroxyl groups is 1. The van der Waals surface area contributed by atoms with Crippen molar-refractivity contribution in [3.63, 3.8) is 0 Å². The van der Waals surface area contributed by atoms with Crippen LogP contribution in [0, 0.1) is 23.2 Å². The van der Waals surface area contributed by atoms with Crippen LogP contribution in [0.2, 0.25) is 10.0 Å². The molecule has 7 rings (SSSR count). The number of carbonyl (C=O) groups is 3. The number of hydrogen-bond donors (Lipinski definition) is 3. The first-order chi connectivity index (χ1) is 20.0. The fourth-order valence-electron chi connectivity index (χ4n) is 7.21. The Kier molecular flexibility index (Phi) is 7.19. The number of nitriles is 1. The normalized spacial score (nSPS) is 27.3. The van der Waals surface area contributed by atoms with Crippen LogP contribution >= 0.6 is 23.2 Å². The average Bonchev–Trinajstić information content (AvgIpc) is 3.20. The molecule has 0 unspecified atom stereocenters. The van der Waals surface area contributed by atoms with Gasteiger partial charge in [0.25, 0.3) is 11.8 Å². The zero-order valence-corrected chi connectivity index (χ0v) is 23.9. The summed E-state index contributed by atoms with van der Waals surface area (Å²) in [6.45, 7) is 0.530. The van der Waals surface area contributed by atoms with Crippen LogP contribution < -0.4 is 10.6 Å². The van der Waals surface area contributed by atoms with E-state index in [0.717, 1.165) is 11.3 Å². The number of alkyl halides is 2. The molecule has 220 valence electrons. The molecule has 0 spiro atoms. The SMILES string of the molecule is N#C[C@H](C[C@H]1CCCNC1=O)NC(=O)[C@@H]1[C@H]2CC[C@H](CC2(F)F)N1C(=O)C1(O)c2cc(Cl)ccc2-c2ccc(Cl)cc21. The predicted octanol–water partition coefficient (Wildman–Crippen LogP) is 4.15. The Bertz CT molecular complexity index is 1480. The van der Waals surface area contributed by atoms with Crippen molar-refractivity contribution < 1.29 is 28.3 Å². The van der Waals surface area contributed by atoms with Gasteiger partial charge in [-0.15, -0.1) is 0 Å². The topological polar surface area (TPSA) is 123 Å². The van der Waals surface area contributed by atoms with Crippen LogP contribution in [-0.4, -0.2) is 58.3 Å². The molecule has 42 heavy (non-hydrogen) atoms. The van der Waals surface area contributed by atoms with Crippen molar-refractivity contribution >= 4 is 40.9 Å². The lowest BCUT2D eigenvalue weighted by molar-refractivity contribution is -0.201. The smallest absolute Gasteiger partial charge is 0.264 e. The largest absolute Gasteiger partial charge is 0.372 e. The van der Waals surface area contributed by atoms with Gasteiger partial charge in [-0.3, -0.25) is 14.4 Å². The standard InChI is InChI=1S/C30H28Cl2F2N4O4/c31-16-3-6-20-21-7-4-17(32)12-24(21)30(42,23(20)11-16)28(41)38-19-5-8-22(29(33,34)13-19)25(38)27(40)37-18(14-35)10-15-2-1-9-36-26(15)39/h3-4,6-7,11-12,15,18-19,22,25,42H,1-2,5,8-10,13H2,(H,36,39)(H,37,40)/t15-,18+,19-,22-,25+/m1/s1. The number of carbonyl (C=O) groups excluding carboxylic acids is 3. The van der Waals surface area contributed by atoms with Gasteiger partial charge in [0.2, 0.25) is 11.8 Å². The summed E-state index contributed by atoms with van der Waals surface area (Å²) in [5.74, 6) is -7.35. The maximum absolute atomic E-state index is 15.3. The summed E-state index contributed by atoms with van der Waals surface area (Å²) in [6.07, 6.45) is 0.831. The van der Waals surface area contributed by atoms with Crippen molar-refractivity contribution in [2.24, 2.45) is 11.8 Å². The Labute approximate surface area is 251 Å². The Morgan fingerprint density at radius 3 is 2.33 bits per heavy atom. The number of piperidine rings is 3. The lowest BCUT2D eigenvalue weighted by Crippen LogP contribution is -2.70. The number of fused-ring (bicyclic) bond motifs is 6. The molecule has 5 aliphatic rings. The third kappa shape index (κ3) is 4.53. The maximum Gasteiger partial charge on any atom is 0.264 e. The molecule has 8 nitrogen and oxygen atoms in total. The molecule has 1 saturated carbocycles. The highest BCUT2D eigenvalue weighted by molar-refractivity contribution is 6.31. The van der Waals surface area contributed by atoms with Crippen LogP contribution in [0.15, 0.2) is 36.4 Å². The van der Waals surface area contributed by atoms with Crippen molar-refractivity contribution in [3.05, 3.63) is 57.6 Å². The fraction of sp³-hybridized carbons (Fsp3) is 0.467. The van der Waals surface area contributed by atoms with Gasteiger partial charge in [0.1, 0.15) is 12.1 Å². The lowest BCUT2D eigenvalue weighted by atomic mass is 9.70. The van der Waals surface area contributed by atoms with E-state index >= 15 is 8.78 Å². The highest BCUT2D eigenvalue weighted by Gasteiger charge is 2.63. The summed E-state index contributed by atoms with van der Waals surface area (Å²) in [4.78, 5) is 41.7. The van der Waals surface area contributed by atoms with Gasteiger partial charge in [0.15, 0.2) is 5.60 Å². The molecule has 3 N–H and O–H groups in total. The first-order valence-electron chi connectivity index (χ1n) is 14.0. The minimum absolute atomic E-state index is 0.00889.